The lowest BCUT2D eigenvalue weighted by Crippen LogP contribution is -2.10. The van der Waals surface area contributed by atoms with Gasteiger partial charge in [0.2, 0.25) is 0 Å². The van der Waals surface area contributed by atoms with Crippen LogP contribution in [-0.4, -0.2) is 5.11 Å². The van der Waals surface area contributed by atoms with E-state index >= 15 is 0 Å². The second-order valence-corrected chi connectivity index (χ2v) is 3.46. The number of aryl methyl sites for hydroxylation is 1. The second-order valence-electron chi connectivity index (χ2n) is 3.46. The highest BCUT2D eigenvalue weighted by Gasteiger charge is 2.08. The fourth-order valence-corrected chi connectivity index (χ4v) is 1.80. The molecule has 0 radical (unpaired) electrons. The van der Waals surface area contributed by atoms with Gasteiger partial charge in [0.05, 0.1) is 0 Å². The number of hydrogen-bond acceptors (Lipinski definition) is 2. The van der Waals surface area contributed by atoms with Gasteiger partial charge in [-0.15, -0.1) is 0 Å². The minimum atomic E-state index is -0.902. The van der Waals surface area contributed by atoms with Crippen molar-refractivity contribution in [3.05, 3.63) is 47.5 Å². The lowest BCUT2D eigenvalue weighted by molar-refractivity contribution is 0.187. The average molecular weight is 187 g/mol. The molecule has 0 saturated carbocycles. The van der Waals surface area contributed by atoms with E-state index in [2.05, 4.69) is 0 Å². The number of aliphatic hydroxyl groups is 1. The van der Waals surface area contributed by atoms with Gasteiger partial charge in [-0.25, -0.2) is 0 Å². The topological polar surface area (TPSA) is 46.2 Å². The molecule has 2 rings (SSSR count). The third kappa shape index (κ3) is 1.39. The molecule has 72 valence electrons. The van der Waals surface area contributed by atoms with Crippen LogP contribution in [0, 0.1) is 6.92 Å². The average Bonchev–Trinajstić information content (AvgIpc) is 2.17. The highest BCUT2D eigenvalue weighted by molar-refractivity contribution is 5.87. The van der Waals surface area contributed by atoms with Crippen molar-refractivity contribution >= 4 is 10.8 Å². The van der Waals surface area contributed by atoms with Crippen LogP contribution in [0.1, 0.15) is 17.4 Å². The molecule has 14 heavy (non-hydrogen) atoms. The summed E-state index contributed by atoms with van der Waals surface area (Å²) in [6.07, 6.45) is -0.902. The molecule has 2 nitrogen and oxygen atoms in total. The van der Waals surface area contributed by atoms with E-state index in [4.69, 9.17) is 5.73 Å². The van der Waals surface area contributed by atoms with Gasteiger partial charge in [0.15, 0.2) is 0 Å². The quantitative estimate of drug-likeness (QED) is 0.671. The third-order valence-electron chi connectivity index (χ3n) is 2.48. The molecule has 3 N–H and O–H groups in total. The number of rotatable bonds is 1. The van der Waals surface area contributed by atoms with Crippen molar-refractivity contribution in [3.8, 4) is 0 Å². The first-order valence-corrected chi connectivity index (χ1v) is 4.62. The maximum Gasteiger partial charge on any atom is 0.129 e. The number of hydrogen-bond donors (Lipinski definition) is 2. The van der Waals surface area contributed by atoms with E-state index in [1.54, 1.807) is 0 Å². The summed E-state index contributed by atoms with van der Waals surface area (Å²) in [5.74, 6) is 0. The zero-order chi connectivity index (χ0) is 10.1. The van der Waals surface area contributed by atoms with Gasteiger partial charge in [-0.1, -0.05) is 36.4 Å². The smallest absolute Gasteiger partial charge is 0.129 e. The molecule has 0 aliphatic rings. The number of benzene rings is 2. The van der Waals surface area contributed by atoms with Crippen molar-refractivity contribution < 1.29 is 5.11 Å². The van der Waals surface area contributed by atoms with Gasteiger partial charge in [-0.2, -0.15) is 0 Å². The molecule has 0 saturated heterocycles. The van der Waals surface area contributed by atoms with Crippen LogP contribution in [0.3, 0.4) is 0 Å². The maximum absolute atomic E-state index is 9.48. The third-order valence-corrected chi connectivity index (χ3v) is 2.48. The first-order chi connectivity index (χ1) is 6.70. The zero-order valence-electron chi connectivity index (χ0n) is 8.07. The predicted octanol–water partition coefficient (Wildman–Crippen LogP) is 2.10. The zero-order valence-corrected chi connectivity index (χ0v) is 8.07. The molecular formula is C12H13NO. The molecule has 2 aromatic rings. The predicted molar refractivity (Wildman–Crippen MR) is 57.8 cm³/mol. The van der Waals surface area contributed by atoms with E-state index in [0.717, 1.165) is 21.9 Å². The monoisotopic (exact) mass is 187 g/mol. The highest BCUT2D eigenvalue weighted by Crippen LogP contribution is 2.25. The summed E-state index contributed by atoms with van der Waals surface area (Å²) in [6, 6.07) is 11.9. The van der Waals surface area contributed by atoms with Crippen molar-refractivity contribution in [1.29, 1.82) is 0 Å². The maximum atomic E-state index is 9.48. The minimum absolute atomic E-state index is 0.822. The molecule has 0 aromatic heterocycles. The van der Waals surface area contributed by atoms with Gasteiger partial charge in [0.25, 0.3) is 0 Å². The van der Waals surface area contributed by atoms with Crippen LogP contribution in [-0.2, 0) is 0 Å². The van der Waals surface area contributed by atoms with Crippen LogP contribution in [0.2, 0.25) is 0 Å². The van der Waals surface area contributed by atoms with E-state index in [1.807, 2.05) is 43.3 Å². The van der Waals surface area contributed by atoms with E-state index in [1.165, 1.54) is 0 Å². The van der Waals surface area contributed by atoms with Gasteiger partial charge in [0.1, 0.15) is 6.23 Å². The van der Waals surface area contributed by atoms with Crippen LogP contribution < -0.4 is 5.73 Å². The Morgan fingerprint density at radius 3 is 2.57 bits per heavy atom. The number of nitrogens with two attached hydrogens (primary N) is 1. The van der Waals surface area contributed by atoms with E-state index in [9.17, 15) is 5.11 Å². The van der Waals surface area contributed by atoms with Gasteiger partial charge < -0.3 is 10.8 Å². The van der Waals surface area contributed by atoms with E-state index in [-0.39, 0.29) is 0 Å². The lowest BCUT2D eigenvalue weighted by atomic mass is 9.99. The molecule has 0 aliphatic carbocycles. The fraction of sp³-hybridized carbons (Fsp3) is 0.167. The molecule has 0 spiro atoms. The van der Waals surface area contributed by atoms with Crippen molar-refractivity contribution in [3.63, 3.8) is 0 Å². The Balaban J connectivity index is 2.83. The molecule has 0 fully saturated rings. The molecule has 0 bridgehead atoms. The van der Waals surface area contributed by atoms with Gasteiger partial charge in [-0.3, -0.25) is 0 Å². The lowest BCUT2D eigenvalue weighted by Gasteiger charge is -2.12. The Morgan fingerprint density at radius 1 is 1.14 bits per heavy atom. The molecule has 0 amide bonds. The Bertz CT molecular complexity index is 463. The second kappa shape index (κ2) is 3.40. The van der Waals surface area contributed by atoms with Crippen LogP contribution in [0.25, 0.3) is 10.8 Å². The summed E-state index contributed by atoms with van der Waals surface area (Å²) in [7, 11) is 0. The first-order valence-electron chi connectivity index (χ1n) is 4.62. The van der Waals surface area contributed by atoms with Crippen molar-refractivity contribution in [2.24, 2.45) is 5.73 Å². The van der Waals surface area contributed by atoms with Crippen molar-refractivity contribution in [2.75, 3.05) is 0 Å². The summed E-state index contributed by atoms with van der Waals surface area (Å²) in [4.78, 5) is 0. The summed E-state index contributed by atoms with van der Waals surface area (Å²) < 4.78 is 0. The largest absolute Gasteiger partial charge is 0.375 e. The van der Waals surface area contributed by atoms with Crippen LogP contribution in [0.4, 0.5) is 0 Å². The minimum Gasteiger partial charge on any atom is -0.375 e. The number of aliphatic hydroxyl groups excluding tert-OH is 1. The van der Waals surface area contributed by atoms with Gasteiger partial charge >= 0.3 is 0 Å². The Labute approximate surface area is 83.0 Å². The van der Waals surface area contributed by atoms with Gasteiger partial charge in [-0.05, 0) is 23.3 Å². The van der Waals surface area contributed by atoms with Crippen LogP contribution >= 0.6 is 0 Å². The molecule has 2 aromatic carbocycles. The van der Waals surface area contributed by atoms with Crippen LogP contribution in [0.15, 0.2) is 36.4 Å². The van der Waals surface area contributed by atoms with Crippen molar-refractivity contribution in [2.45, 2.75) is 13.2 Å². The molecular weight excluding hydrogens is 174 g/mol. The molecule has 1 unspecified atom stereocenters. The Hall–Kier alpha value is -1.38. The summed E-state index contributed by atoms with van der Waals surface area (Å²) >= 11 is 0. The van der Waals surface area contributed by atoms with E-state index < -0.39 is 6.23 Å². The highest BCUT2D eigenvalue weighted by atomic mass is 16.3. The molecule has 0 aliphatic heterocycles. The summed E-state index contributed by atoms with van der Waals surface area (Å²) in [5.41, 5.74) is 7.39. The summed E-state index contributed by atoms with van der Waals surface area (Å²) in [6.45, 7) is 1.96. The van der Waals surface area contributed by atoms with Crippen LogP contribution in [0.5, 0.6) is 0 Å². The Morgan fingerprint density at radius 2 is 1.86 bits per heavy atom. The van der Waals surface area contributed by atoms with E-state index in [0.29, 0.717) is 0 Å². The fourth-order valence-electron chi connectivity index (χ4n) is 1.80. The first kappa shape index (κ1) is 9.19. The van der Waals surface area contributed by atoms with Gasteiger partial charge in [0, 0.05) is 5.56 Å². The Kier molecular flexibility index (Phi) is 2.23. The number of fused-ring (bicyclic) bond motifs is 1. The summed E-state index contributed by atoms with van der Waals surface area (Å²) in [5, 5.41) is 11.6. The normalized spacial score (nSPS) is 13.1. The SMILES string of the molecule is Cc1ccc2ccccc2c1C(N)O. The standard InChI is InChI=1S/C12H13NO/c1-8-6-7-9-4-2-3-5-10(9)11(8)12(13)14/h2-7,12,14H,13H2,1H3. The molecule has 1 atom stereocenters. The molecule has 0 heterocycles. The molecule has 2 heteroatoms. The van der Waals surface area contributed by atoms with Crippen molar-refractivity contribution in [1.82, 2.24) is 0 Å².